The van der Waals surface area contributed by atoms with Crippen LogP contribution in [0.25, 0.3) is 0 Å². The van der Waals surface area contributed by atoms with Gasteiger partial charge in [0.1, 0.15) is 0 Å². The molecule has 0 saturated carbocycles. The Labute approximate surface area is 53.2 Å². The number of nitrogens with one attached hydrogen (secondary N) is 1. The molecule has 1 rings (SSSR count). The average Bonchev–Trinajstić information content (AvgIpc) is 1.89. The summed E-state index contributed by atoms with van der Waals surface area (Å²) in [6.07, 6.45) is 4.85. The van der Waals surface area contributed by atoms with E-state index >= 15 is 0 Å². The Morgan fingerprint density at radius 1 is 1.78 bits per heavy atom. The van der Waals surface area contributed by atoms with Crippen molar-refractivity contribution in [3.63, 3.8) is 0 Å². The van der Waals surface area contributed by atoms with E-state index in [1.165, 1.54) is 6.20 Å². The first-order valence-corrected chi connectivity index (χ1v) is 2.71. The van der Waals surface area contributed by atoms with Crippen LogP contribution >= 0.6 is 0 Å². The van der Waals surface area contributed by atoms with Crippen LogP contribution in [0.5, 0.6) is 0 Å². The van der Waals surface area contributed by atoms with Gasteiger partial charge in [-0.2, -0.15) is 0 Å². The summed E-state index contributed by atoms with van der Waals surface area (Å²) < 4.78 is 0. The Kier molecular flexibility index (Phi) is 1.53. The molecule has 0 aromatic heterocycles. The first-order chi connectivity index (χ1) is 4.34. The van der Waals surface area contributed by atoms with E-state index in [0.717, 1.165) is 0 Å². The third-order valence-corrected chi connectivity index (χ3v) is 1.12. The monoisotopic (exact) mass is 124 g/mol. The lowest BCUT2D eigenvalue weighted by Crippen LogP contribution is -2.27. The van der Waals surface area contributed by atoms with Crippen molar-refractivity contribution >= 4 is 5.91 Å². The Morgan fingerprint density at radius 2 is 2.56 bits per heavy atom. The molecule has 0 fully saturated rings. The van der Waals surface area contributed by atoms with E-state index in [1.54, 1.807) is 6.08 Å². The van der Waals surface area contributed by atoms with Gasteiger partial charge in [0, 0.05) is 12.7 Å². The van der Waals surface area contributed by atoms with Gasteiger partial charge in [0.15, 0.2) is 0 Å². The average molecular weight is 124 g/mol. The minimum Gasteiger partial charge on any atom is -0.404 e. The van der Waals surface area contributed by atoms with Gasteiger partial charge in [-0.25, -0.2) is 0 Å². The van der Waals surface area contributed by atoms with Crippen LogP contribution < -0.4 is 11.1 Å². The van der Waals surface area contributed by atoms with Gasteiger partial charge in [0.05, 0.1) is 5.57 Å². The van der Waals surface area contributed by atoms with Gasteiger partial charge in [-0.1, -0.05) is 12.2 Å². The van der Waals surface area contributed by atoms with E-state index in [2.05, 4.69) is 5.32 Å². The van der Waals surface area contributed by atoms with Crippen LogP contribution in [0, 0.1) is 0 Å². The molecule has 0 radical (unpaired) electrons. The number of carbonyl (C=O) groups is 1. The zero-order valence-electron chi connectivity index (χ0n) is 4.92. The van der Waals surface area contributed by atoms with Gasteiger partial charge in [-0.05, 0) is 0 Å². The zero-order chi connectivity index (χ0) is 6.69. The molecule has 3 N–H and O–H groups in total. The molecule has 0 spiro atoms. The molecular formula is C6H8N2O. The molecule has 0 bridgehead atoms. The summed E-state index contributed by atoms with van der Waals surface area (Å²) in [5.74, 6) is -0.0972. The summed E-state index contributed by atoms with van der Waals surface area (Å²) in [6.45, 7) is 0.607. The fourth-order valence-corrected chi connectivity index (χ4v) is 0.647. The van der Waals surface area contributed by atoms with Crippen LogP contribution in [0.4, 0.5) is 0 Å². The molecule has 0 aromatic carbocycles. The molecule has 1 aliphatic heterocycles. The van der Waals surface area contributed by atoms with Crippen molar-refractivity contribution < 1.29 is 4.79 Å². The highest BCUT2D eigenvalue weighted by atomic mass is 16.1. The topological polar surface area (TPSA) is 55.1 Å². The number of carbonyl (C=O) groups excluding carboxylic acids is 1. The summed E-state index contributed by atoms with van der Waals surface area (Å²) in [5, 5.41) is 2.61. The highest BCUT2D eigenvalue weighted by Gasteiger charge is 2.06. The standard InChI is InChI=1S/C6H8N2O/c7-4-5-2-1-3-8-6(5)9/h1-2,4H,3,7H2,(H,8,9). The van der Waals surface area contributed by atoms with Crippen LogP contribution in [-0.4, -0.2) is 12.5 Å². The molecule has 9 heavy (non-hydrogen) atoms. The zero-order valence-corrected chi connectivity index (χ0v) is 4.92. The fourth-order valence-electron chi connectivity index (χ4n) is 0.647. The number of amides is 1. The number of hydrogen-bond acceptors (Lipinski definition) is 2. The summed E-state index contributed by atoms with van der Waals surface area (Å²) in [4.78, 5) is 10.7. The molecule has 0 aromatic rings. The Morgan fingerprint density at radius 3 is 3.00 bits per heavy atom. The molecule has 0 atom stereocenters. The van der Waals surface area contributed by atoms with E-state index in [4.69, 9.17) is 5.73 Å². The Balaban J connectivity index is 2.81. The second-order valence-corrected chi connectivity index (χ2v) is 1.73. The molecule has 1 aliphatic rings. The third-order valence-electron chi connectivity index (χ3n) is 1.12. The fraction of sp³-hybridized carbons (Fsp3) is 0.167. The Bertz CT molecular complexity index is 181. The van der Waals surface area contributed by atoms with E-state index in [1.807, 2.05) is 6.08 Å². The van der Waals surface area contributed by atoms with Crippen molar-refractivity contribution in [2.75, 3.05) is 6.54 Å². The van der Waals surface area contributed by atoms with Crippen LogP contribution in [0.15, 0.2) is 23.9 Å². The Hall–Kier alpha value is -1.25. The van der Waals surface area contributed by atoms with Crippen LogP contribution in [0.3, 0.4) is 0 Å². The second kappa shape index (κ2) is 2.35. The van der Waals surface area contributed by atoms with Crippen molar-refractivity contribution in [3.05, 3.63) is 23.9 Å². The highest BCUT2D eigenvalue weighted by Crippen LogP contribution is 1.97. The lowest BCUT2D eigenvalue weighted by molar-refractivity contribution is -0.117. The van der Waals surface area contributed by atoms with Crippen molar-refractivity contribution in [2.45, 2.75) is 0 Å². The molecule has 1 heterocycles. The second-order valence-electron chi connectivity index (χ2n) is 1.73. The summed E-state index contributed by atoms with van der Waals surface area (Å²) in [5.41, 5.74) is 5.65. The van der Waals surface area contributed by atoms with Crippen molar-refractivity contribution in [1.29, 1.82) is 0 Å². The van der Waals surface area contributed by atoms with Crippen LogP contribution in [0.1, 0.15) is 0 Å². The molecule has 3 heteroatoms. The van der Waals surface area contributed by atoms with Gasteiger partial charge in [-0.3, -0.25) is 4.79 Å². The lowest BCUT2D eigenvalue weighted by atomic mass is 10.2. The molecule has 48 valence electrons. The lowest BCUT2D eigenvalue weighted by Gasteiger charge is -2.06. The SMILES string of the molecule is NC=C1C=CCNC1=O. The minimum absolute atomic E-state index is 0.0972. The van der Waals surface area contributed by atoms with Gasteiger partial charge < -0.3 is 11.1 Å². The number of hydrogen-bond donors (Lipinski definition) is 2. The summed E-state index contributed by atoms with van der Waals surface area (Å²) in [7, 11) is 0. The van der Waals surface area contributed by atoms with E-state index in [-0.39, 0.29) is 5.91 Å². The quantitative estimate of drug-likeness (QED) is 0.428. The summed E-state index contributed by atoms with van der Waals surface area (Å²) >= 11 is 0. The third kappa shape index (κ3) is 1.10. The van der Waals surface area contributed by atoms with Crippen molar-refractivity contribution in [1.82, 2.24) is 5.32 Å². The molecule has 0 aliphatic carbocycles. The molecule has 0 unspecified atom stereocenters. The largest absolute Gasteiger partial charge is 0.404 e. The minimum atomic E-state index is -0.0972. The molecule has 0 saturated heterocycles. The van der Waals surface area contributed by atoms with E-state index < -0.39 is 0 Å². The van der Waals surface area contributed by atoms with Gasteiger partial charge >= 0.3 is 0 Å². The van der Waals surface area contributed by atoms with Gasteiger partial charge in [-0.15, -0.1) is 0 Å². The molecule has 3 nitrogen and oxygen atoms in total. The smallest absolute Gasteiger partial charge is 0.252 e. The predicted octanol–water partition coefficient (Wildman–Crippen LogP) is -0.485. The van der Waals surface area contributed by atoms with Crippen molar-refractivity contribution in [3.8, 4) is 0 Å². The maximum atomic E-state index is 10.7. The van der Waals surface area contributed by atoms with E-state index in [0.29, 0.717) is 12.1 Å². The van der Waals surface area contributed by atoms with E-state index in [9.17, 15) is 4.79 Å². The number of nitrogens with two attached hydrogens (primary N) is 1. The normalized spacial score (nSPS) is 22.2. The first-order valence-electron chi connectivity index (χ1n) is 2.71. The van der Waals surface area contributed by atoms with Gasteiger partial charge in [0.2, 0.25) is 0 Å². The maximum absolute atomic E-state index is 10.7. The maximum Gasteiger partial charge on any atom is 0.252 e. The molecular weight excluding hydrogens is 116 g/mol. The first kappa shape index (κ1) is 5.88. The highest BCUT2D eigenvalue weighted by molar-refractivity contribution is 5.97. The van der Waals surface area contributed by atoms with Crippen LogP contribution in [-0.2, 0) is 4.79 Å². The predicted molar refractivity (Wildman–Crippen MR) is 34.4 cm³/mol. The van der Waals surface area contributed by atoms with Crippen molar-refractivity contribution in [2.24, 2.45) is 5.73 Å². The van der Waals surface area contributed by atoms with Gasteiger partial charge in [0.25, 0.3) is 5.91 Å². The van der Waals surface area contributed by atoms with Crippen LogP contribution in [0.2, 0.25) is 0 Å². The molecule has 1 amide bonds. The summed E-state index contributed by atoms with van der Waals surface area (Å²) in [6, 6.07) is 0. The number of rotatable bonds is 0.